The van der Waals surface area contributed by atoms with Crippen molar-refractivity contribution in [3.8, 4) is 0 Å². The maximum atomic E-state index is 12.7. The molecule has 0 radical (unpaired) electrons. The molecule has 0 bridgehead atoms. The summed E-state index contributed by atoms with van der Waals surface area (Å²) in [5.41, 5.74) is 1.94. The minimum absolute atomic E-state index is 0.0646. The van der Waals surface area contributed by atoms with Gasteiger partial charge in [-0.15, -0.1) is 0 Å². The van der Waals surface area contributed by atoms with Crippen molar-refractivity contribution in [3.63, 3.8) is 0 Å². The van der Waals surface area contributed by atoms with Crippen molar-refractivity contribution in [2.24, 2.45) is 52.3 Å². The van der Waals surface area contributed by atoms with Gasteiger partial charge in [-0.2, -0.15) is 0 Å². The number of nitrogens with zero attached hydrogens (tertiary/aromatic N) is 1. The second kappa shape index (κ2) is 10.6. The molecule has 0 saturated heterocycles. The summed E-state index contributed by atoms with van der Waals surface area (Å²) in [6.07, 6.45) is 15.3. The highest BCUT2D eigenvalue weighted by Crippen LogP contribution is 2.69. The van der Waals surface area contributed by atoms with E-state index in [2.05, 4.69) is 40.7 Å². The highest BCUT2D eigenvalue weighted by molar-refractivity contribution is 7.53. The first-order valence-corrected chi connectivity index (χ1v) is 17.3. The van der Waals surface area contributed by atoms with Crippen molar-refractivity contribution >= 4 is 7.60 Å². The van der Waals surface area contributed by atoms with Crippen LogP contribution in [0.25, 0.3) is 0 Å². The van der Waals surface area contributed by atoms with Gasteiger partial charge in [-0.05, 0) is 97.7 Å². The molecule has 3 N–H and O–H groups in total. The fraction of sp³-hybridized carbons (Fsp3) is 0.938. The Morgan fingerprint density at radius 1 is 1.03 bits per heavy atom. The Bertz CT molecular complexity index is 936. The molecule has 4 aliphatic carbocycles. The van der Waals surface area contributed by atoms with E-state index in [-0.39, 0.29) is 12.0 Å². The summed E-state index contributed by atoms with van der Waals surface area (Å²) < 4.78 is 13.0. The van der Waals surface area contributed by atoms with Crippen LogP contribution in [0.15, 0.2) is 11.6 Å². The number of hydrogen-bond donors (Lipinski definition) is 3. The molecule has 0 heterocycles. The summed E-state index contributed by atoms with van der Waals surface area (Å²) in [4.78, 5) is 20.6. The van der Waals surface area contributed by atoms with Crippen LogP contribution in [0.2, 0.25) is 0 Å². The van der Waals surface area contributed by atoms with E-state index in [1.165, 1.54) is 50.5 Å². The minimum Gasteiger partial charge on any atom is -0.373 e. The Hall–Kier alpha value is -0.190. The summed E-state index contributed by atoms with van der Waals surface area (Å²) in [5.74, 6) is 4.27. The largest absolute Gasteiger partial charge is 0.373 e. The quantitative estimate of drug-likeness (QED) is 0.160. The molecule has 1 unspecified atom stereocenters. The van der Waals surface area contributed by atoms with E-state index >= 15 is 0 Å². The summed E-state index contributed by atoms with van der Waals surface area (Å²) >= 11 is 0. The molecule has 4 rings (SSSR count). The Kier molecular flexibility index (Phi) is 8.56. The molecule has 0 aliphatic heterocycles. The van der Waals surface area contributed by atoms with Crippen LogP contribution < -0.4 is 0 Å². The van der Waals surface area contributed by atoms with Gasteiger partial charge in [0.05, 0.1) is 21.1 Å². The van der Waals surface area contributed by atoms with Crippen LogP contribution in [-0.2, 0) is 4.57 Å². The molecule has 220 valence electrons. The standard InChI is InChI=1S/C32H58NO4P/c1-22(2)10-9-11-23(3)27-14-15-28-26-13-12-24-20-25(32(34,38(35,36)37)21-33(6,7)8)16-18-30(24,4)29(26)17-19-31(27,28)5/h12,22-23,25-29,34H,9-11,13-21H2,1-8H3,(H-,35,36,37)/p+1/t23-,25+,26+,27-,28+,29+,30+,31-,32?/m1/s1. The van der Waals surface area contributed by atoms with Gasteiger partial charge >= 0.3 is 7.60 Å². The molecule has 0 spiro atoms. The van der Waals surface area contributed by atoms with E-state index in [0.717, 1.165) is 42.4 Å². The van der Waals surface area contributed by atoms with Crippen LogP contribution in [0.3, 0.4) is 0 Å². The highest BCUT2D eigenvalue weighted by Gasteiger charge is 2.62. The molecule has 5 nitrogen and oxygen atoms in total. The molecule has 6 heteroatoms. The zero-order chi connectivity index (χ0) is 28.3. The summed E-state index contributed by atoms with van der Waals surface area (Å²) in [6, 6.07) is 0. The Labute approximate surface area is 233 Å². The molecule has 0 amide bonds. The average Bonchev–Trinajstić information content (AvgIpc) is 3.13. The number of rotatable bonds is 9. The minimum atomic E-state index is -4.69. The maximum absolute atomic E-state index is 12.7. The zero-order valence-electron chi connectivity index (χ0n) is 25.7. The van der Waals surface area contributed by atoms with E-state index in [4.69, 9.17) is 0 Å². The predicted molar refractivity (Wildman–Crippen MR) is 156 cm³/mol. The zero-order valence-corrected chi connectivity index (χ0v) is 26.6. The van der Waals surface area contributed by atoms with E-state index in [1.807, 2.05) is 21.1 Å². The Morgan fingerprint density at radius 2 is 1.71 bits per heavy atom. The number of hydrogen-bond acceptors (Lipinski definition) is 2. The molecule has 4 aliphatic rings. The second-order valence-electron chi connectivity index (χ2n) is 16.1. The van der Waals surface area contributed by atoms with Gasteiger partial charge in [0.15, 0.2) is 0 Å². The monoisotopic (exact) mass is 552 g/mol. The van der Waals surface area contributed by atoms with E-state index in [9.17, 15) is 19.5 Å². The first kappa shape index (κ1) is 30.8. The second-order valence-corrected chi connectivity index (χ2v) is 18.0. The van der Waals surface area contributed by atoms with Crippen molar-refractivity contribution in [1.82, 2.24) is 0 Å². The number of allylic oxidation sites excluding steroid dienone is 2. The van der Waals surface area contributed by atoms with Crippen molar-refractivity contribution in [2.75, 3.05) is 27.7 Å². The molecule has 0 aromatic heterocycles. The molecule has 3 saturated carbocycles. The Morgan fingerprint density at radius 3 is 2.32 bits per heavy atom. The van der Waals surface area contributed by atoms with Gasteiger partial charge in [-0.25, -0.2) is 0 Å². The van der Waals surface area contributed by atoms with Gasteiger partial charge in [0.25, 0.3) is 0 Å². The van der Waals surface area contributed by atoms with Crippen molar-refractivity contribution in [3.05, 3.63) is 11.6 Å². The van der Waals surface area contributed by atoms with Crippen LogP contribution in [0, 0.1) is 52.3 Å². The number of aliphatic hydroxyl groups is 1. The lowest BCUT2D eigenvalue weighted by atomic mass is 9.46. The van der Waals surface area contributed by atoms with Crippen LogP contribution >= 0.6 is 7.60 Å². The molecular weight excluding hydrogens is 493 g/mol. The topological polar surface area (TPSA) is 77.8 Å². The summed E-state index contributed by atoms with van der Waals surface area (Å²) in [6.45, 7) is 12.4. The first-order valence-electron chi connectivity index (χ1n) is 15.7. The number of fused-ring (bicyclic) bond motifs is 5. The van der Waals surface area contributed by atoms with E-state index < -0.39 is 18.9 Å². The third-order valence-electron chi connectivity index (χ3n) is 12.2. The van der Waals surface area contributed by atoms with Crippen LogP contribution in [-0.4, -0.2) is 52.4 Å². The fourth-order valence-electron chi connectivity index (χ4n) is 10.2. The molecule has 3 fully saturated rings. The van der Waals surface area contributed by atoms with Crippen LogP contribution in [0.4, 0.5) is 0 Å². The molecule has 38 heavy (non-hydrogen) atoms. The average molecular weight is 553 g/mol. The predicted octanol–water partition coefficient (Wildman–Crippen LogP) is 7.22. The molecule has 9 atom stereocenters. The highest BCUT2D eigenvalue weighted by atomic mass is 31.2. The van der Waals surface area contributed by atoms with Crippen molar-refractivity contribution < 1.29 is 23.9 Å². The summed E-state index contributed by atoms with van der Waals surface area (Å²) in [5, 5.41) is 9.57. The number of quaternary nitrogens is 1. The third kappa shape index (κ3) is 5.50. The lowest BCUT2D eigenvalue weighted by Gasteiger charge is -2.59. The maximum Gasteiger partial charge on any atom is 0.363 e. The van der Waals surface area contributed by atoms with Gasteiger partial charge in [0.2, 0.25) is 5.34 Å². The van der Waals surface area contributed by atoms with Gasteiger partial charge in [0.1, 0.15) is 6.54 Å². The molecule has 0 aromatic rings. The normalized spacial score (nSPS) is 40.1. The van der Waals surface area contributed by atoms with E-state index in [0.29, 0.717) is 28.7 Å². The Balaban J connectivity index is 1.52. The third-order valence-corrected chi connectivity index (χ3v) is 13.7. The van der Waals surface area contributed by atoms with Gasteiger partial charge in [0, 0.05) is 5.92 Å². The van der Waals surface area contributed by atoms with Gasteiger partial charge in [-0.3, -0.25) is 4.57 Å². The van der Waals surface area contributed by atoms with Crippen molar-refractivity contribution in [2.45, 2.75) is 111 Å². The van der Waals surface area contributed by atoms with Crippen molar-refractivity contribution in [1.29, 1.82) is 0 Å². The van der Waals surface area contributed by atoms with E-state index in [1.54, 1.807) is 0 Å². The smallest absolute Gasteiger partial charge is 0.363 e. The first-order chi connectivity index (χ1) is 17.4. The lowest BCUT2D eigenvalue weighted by molar-refractivity contribution is -0.875. The van der Waals surface area contributed by atoms with Crippen LogP contribution in [0.1, 0.15) is 105 Å². The number of likely N-dealkylation sites (N-methyl/N-ethyl adjacent to an activating group) is 1. The lowest BCUT2D eigenvalue weighted by Crippen LogP contribution is -2.56. The molecular formula is C32H59NO4P+. The SMILES string of the molecule is CC(C)CCC[C@@H](C)[C@H]1CC[C@H]2[C@@H]3CC=C4C[C@@H](C(O)(C[N+](C)(C)C)P(=O)(O)O)CC[C@]4(C)[C@H]3CC[C@]12C. The molecule has 0 aromatic carbocycles. The van der Waals surface area contributed by atoms with Gasteiger partial charge in [-0.1, -0.05) is 65.5 Å². The fourth-order valence-corrected chi connectivity index (χ4v) is 11.5. The van der Waals surface area contributed by atoms with Gasteiger partial charge < -0.3 is 19.4 Å². The van der Waals surface area contributed by atoms with Crippen LogP contribution in [0.5, 0.6) is 0 Å². The summed E-state index contributed by atoms with van der Waals surface area (Å²) in [7, 11) is 1.01.